The Morgan fingerprint density at radius 2 is 1.52 bits per heavy atom. The highest BCUT2D eigenvalue weighted by Crippen LogP contribution is 2.20. The maximum atomic E-state index is 12.4. The molecule has 0 bridgehead atoms. The van der Waals surface area contributed by atoms with Crippen LogP contribution in [0.15, 0.2) is 82.3 Å². The van der Waals surface area contributed by atoms with Gasteiger partial charge in [-0.1, -0.05) is 24.3 Å². The van der Waals surface area contributed by atoms with E-state index in [0.717, 1.165) is 56.2 Å². The minimum absolute atomic E-state index is 0.0192. The zero-order chi connectivity index (χ0) is 21.3. The van der Waals surface area contributed by atoms with Gasteiger partial charge >= 0.3 is 0 Å². The van der Waals surface area contributed by atoms with Crippen molar-refractivity contribution >= 4 is 34.3 Å². The number of benzene rings is 2. The van der Waals surface area contributed by atoms with Crippen molar-refractivity contribution in [2.24, 2.45) is 10.2 Å². The van der Waals surface area contributed by atoms with Gasteiger partial charge in [-0.25, -0.2) is 0 Å². The summed E-state index contributed by atoms with van der Waals surface area (Å²) in [5, 5.41) is 13.5. The number of thiophene rings is 1. The van der Waals surface area contributed by atoms with E-state index in [-0.39, 0.29) is 5.91 Å². The van der Waals surface area contributed by atoms with Gasteiger partial charge in [-0.05, 0) is 54.3 Å². The van der Waals surface area contributed by atoms with Crippen LogP contribution in [-0.2, 0) is 11.2 Å². The SMILES string of the molecule is O=C(CN1CCN(CCc2cccs2)CC1)Nc1ccc(N=Nc2ccccc2)cc1. The number of anilines is 1. The third-order valence-electron chi connectivity index (χ3n) is 5.27. The fourth-order valence-corrected chi connectivity index (χ4v) is 4.22. The van der Waals surface area contributed by atoms with Crippen LogP contribution in [0.3, 0.4) is 0 Å². The predicted octanol–water partition coefficient (Wildman–Crippen LogP) is 4.96. The molecule has 3 aromatic rings. The van der Waals surface area contributed by atoms with Gasteiger partial charge in [-0.15, -0.1) is 11.3 Å². The monoisotopic (exact) mass is 433 g/mol. The molecule has 0 aliphatic carbocycles. The van der Waals surface area contributed by atoms with Crippen molar-refractivity contribution in [1.29, 1.82) is 0 Å². The lowest BCUT2D eigenvalue weighted by Gasteiger charge is -2.34. The number of nitrogens with zero attached hydrogens (tertiary/aromatic N) is 4. The van der Waals surface area contributed by atoms with Crippen molar-refractivity contribution < 1.29 is 4.79 Å². The van der Waals surface area contributed by atoms with E-state index < -0.39 is 0 Å². The van der Waals surface area contributed by atoms with Crippen molar-refractivity contribution in [2.45, 2.75) is 6.42 Å². The van der Waals surface area contributed by atoms with Gasteiger partial charge in [0.05, 0.1) is 17.9 Å². The molecule has 0 spiro atoms. The lowest BCUT2D eigenvalue weighted by molar-refractivity contribution is -0.117. The summed E-state index contributed by atoms with van der Waals surface area (Å²) in [6, 6.07) is 21.4. The topological polar surface area (TPSA) is 60.3 Å². The second-order valence-corrected chi connectivity index (χ2v) is 8.61. The fourth-order valence-electron chi connectivity index (χ4n) is 3.52. The van der Waals surface area contributed by atoms with Crippen LogP contribution in [0.4, 0.5) is 17.1 Å². The number of rotatable bonds is 8. The molecule has 0 radical (unpaired) electrons. The Morgan fingerprint density at radius 1 is 0.839 bits per heavy atom. The molecule has 2 heterocycles. The molecule has 0 saturated carbocycles. The molecule has 4 rings (SSSR count). The minimum atomic E-state index is 0.0192. The number of hydrogen-bond acceptors (Lipinski definition) is 6. The fraction of sp³-hybridized carbons (Fsp3) is 0.292. The first-order valence-electron chi connectivity index (χ1n) is 10.6. The van der Waals surface area contributed by atoms with Gasteiger partial charge in [-0.2, -0.15) is 10.2 Å². The van der Waals surface area contributed by atoms with Crippen molar-refractivity contribution in [3.63, 3.8) is 0 Å². The summed E-state index contributed by atoms with van der Waals surface area (Å²) in [6.45, 7) is 5.40. The largest absolute Gasteiger partial charge is 0.325 e. The standard InChI is InChI=1S/C24H27N5OS/c30-24(19-29-16-14-28(15-17-29)13-12-23-7-4-18-31-23)25-20-8-10-22(11-9-20)27-26-21-5-2-1-3-6-21/h1-11,18H,12-17,19H2,(H,25,30). The molecule has 1 N–H and O–H groups in total. The summed E-state index contributed by atoms with van der Waals surface area (Å²) in [7, 11) is 0. The average molecular weight is 434 g/mol. The number of carbonyl (C=O) groups excluding carboxylic acids is 1. The van der Waals surface area contributed by atoms with Gasteiger partial charge in [0.2, 0.25) is 5.91 Å². The number of amides is 1. The van der Waals surface area contributed by atoms with E-state index in [4.69, 9.17) is 0 Å². The van der Waals surface area contributed by atoms with Crippen molar-refractivity contribution in [2.75, 3.05) is 44.6 Å². The highest BCUT2D eigenvalue weighted by Gasteiger charge is 2.18. The van der Waals surface area contributed by atoms with Crippen LogP contribution in [0.2, 0.25) is 0 Å². The first kappa shape index (κ1) is 21.4. The molecule has 31 heavy (non-hydrogen) atoms. The Hall–Kier alpha value is -2.87. The highest BCUT2D eigenvalue weighted by atomic mass is 32.1. The first-order chi connectivity index (χ1) is 15.2. The van der Waals surface area contributed by atoms with Crippen molar-refractivity contribution in [3.8, 4) is 0 Å². The van der Waals surface area contributed by atoms with Gasteiger partial charge in [0.15, 0.2) is 0 Å². The molecule has 1 aliphatic rings. The average Bonchev–Trinajstić information content (AvgIpc) is 3.33. The van der Waals surface area contributed by atoms with Crippen LogP contribution >= 0.6 is 11.3 Å². The Kier molecular flexibility index (Phi) is 7.55. The molecule has 1 saturated heterocycles. The van der Waals surface area contributed by atoms with E-state index in [1.165, 1.54) is 4.88 Å². The normalized spacial score (nSPS) is 15.4. The summed E-state index contributed by atoms with van der Waals surface area (Å²) in [6.07, 6.45) is 1.11. The molecule has 7 heteroatoms. The Bertz CT molecular complexity index is 965. The smallest absolute Gasteiger partial charge is 0.238 e. The third kappa shape index (κ3) is 6.82. The highest BCUT2D eigenvalue weighted by molar-refractivity contribution is 7.09. The number of hydrogen-bond donors (Lipinski definition) is 1. The van der Waals surface area contributed by atoms with Crippen LogP contribution in [0.5, 0.6) is 0 Å². The molecule has 1 fully saturated rings. The molecule has 1 aliphatic heterocycles. The van der Waals surface area contributed by atoms with Gasteiger partial charge in [0.1, 0.15) is 0 Å². The van der Waals surface area contributed by atoms with Gasteiger partial charge in [-0.3, -0.25) is 9.69 Å². The summed E-state index contributed by atoms with van der Waals surface area (Å²) in [4.78, 5) is 18.6. The minimum Gasteiger partial charge on any atom is -0.325 e. The Labute approximate surface area is 187 Å². The van der Waals surface area contributed by atoms with Gasteiger partial charge in [0.25, 0.3) is 0 Å². The quantitative estimate of drug-likeness (QED) is 0.511. The molecule has 0 unspecified atom stereocenters. The maximum absolute atomic E-state index is 12.4. The molecule has 0 atom stereocenters. The van der Waals surface area contributed by atoms with Crippen LogP contribution in [-0.4, -0.2) is 55.0 Å². The van der Waals surface area contributed by atoms with Crippen LogP contribution in [0.1, 0.15) is 4.88 Å². The van der Waals surface area contributed by atoms with Crippen LogP contribution in [0, 0.1) is 0 Å². The van der Waals surface area contributed by atoms with E-state index in [9.17, 15) is 4.79 Å². The summed E-state index contributed by atoms with van der Waals surface area (Å²) in [5.74, 6) is 0.0192. The van der Waals surface area contributed by atoms with Crippen molar-refractivity contribution in [1.82, 2.24) is 9.80 Å². The third-order valence-corrected chi connectivity index (χ3v) is 6.21. The van der Waals surface area contributed by atoms with Gasteiger partial charge < -0.3 is 10.2 Å². The summed E-state index contributed by atoms with van der Waals surface area (Å²) >= 11 is 1.82. The number of azo groups is 1. The molecule has 6 nitrogen and oxygen atoms in total. The zero-order valence-electron chi connectivity index (χ0n) is 17.5. The molecule has 1 aromatic heterocycles. The maximum Gasteiger partial charge on any atom is 0.238 e. The second-order valence-electron chi connectivity index (χ2n) is 7.58. The predicted molar refractivity (Wildman–Crippen MR) is 127 cm³/mol. The zero-order valence-corrected chi connectivity index (χ0v) is 18.3. The Balaban J connectivity index is 1.18. The van der Waals surface area contributed by atoms with E-state index in [1.54, 1.807) is 0 Å². The van der Waals surface area contributed by atoms with E-state index in [1.807, 2.05) is 65.9 Å². The number of piperazine rings is 1. The molecular formula is C24H27N5OS. The van der Waals surface area contributed by atoms with Gasteiger partial charge in [0, 0.05) is 43.3 Å². The Morgan fingerprint density at radius 3 is 2.19 bits per heavy atom. The molecule has 2 aromatic carbocycles. The number of nitrogens with one attached hydrogen (secondary N) is 1. The molecule has 160 valence electrons. The molecule has 1 amide bonds. The summed E-state index contributed by atoms with van der Waals surface area (Å²) in [5.41, 5.74) is 2.34. The lowest BCUT2D eigenvalue weighted by Crippen LogP contribution is -2.49. The van der Waals surface area contributed by atoms with Crippen LogP contribution in [0.25, 0.3) is 0 Å². The van der Waals surface area contributed by atoms with Crippen molar-refractivity contribution in [3.05, 3.63) is 77.0 Å². The second kappa shape index (κ2) is 10.9. The van der Waals surface area contributed by atoms with E-state index in [2.05, 4.69) is 42.9 Å². The van der Waals surface area contributed by atoms with E-state index in [0.29, 0.717) is 6.54 Å². The van der Waals surface area contributed by atoms with Crippen LogP contribution < -0.4 is 5.32 Å². The summed E-state index contributed by atoms with van der Waals surface area (Å²) < 4.78 is 0. The lowest BCUT2D eigenvalue weighted by atomic mass is 10.2. The van der Waals surface area contributed by atoms with E-state index >= 15 is 0 Å². The first-order valence-corrected chi connectivity index (χ1v) is 11.5. The number of carbonyl (C=O) groups is 1. The molecular weight excluding hydrogens is 406 g/mol.